The van der Waals surface area contributed by atoms with Crippen LogP contribution in [-0.2, 0) is 0 Å². The molecule has 0 radical (unpaired) electrons. The number of methoxy groups -OCH3 is 1. The van der Waals surface area contributed by atoms with Gasteiger partial charge in [0, 0.05) is 12.1 Å². The average Bonchev–Trinajstić information content (AvgIpc) is 2.48. The van der Waals surface area contributed by atoms with Crippen molar-refractivity contribution in [2.45, 2.75) is 25.9 Å². The van der Waals surface area contributed by atoms with Crippen molar-refractivity contribution >= 4 is 15.9 Å². The van der Waals surface area contributed by atoms with Crippen molar-refractivity contribution in [3.8, 4) is 5.75 Å². The standard InChI is InChI=1S/C17H20BrNO/c1-12(14-7-5-4-6-8-14)19-13(2)15-9-10-17(20-3)16(18)11-15/h4-13,19H,1-3H3/t12-,13?/m1/s1. The number of hydrogen-bond acceptors (Lipinski definition) is 2. The quantitative estimate of drug-likeness (QED) is 0.842. The second-order valence-corrected chi connectivity index (χ2v) is 5.77. The van der Waals surface area contributed by atoms with Crippen LogP contribution in [0.2, 0.25) is 0 Å². The first kappa shape index (κ1) is 15.1. The van der Waals surface area contributed by atoms with Crippen LogP contribution in [0.5, 0.6) is 5.75 Å². The first-order chi connectivity index (χ1) is 9.61. The molecule has 2 rings (SSSR count). The summed E-state index contributed by atoms with van der Waals surface area (Å²) in [6.45, 7) is 4.36. The second kappa shape index (κ2) is 6.91. The van der Waals surface area contributed by atoms with Crippen LogP contribution >= 0.6 is 15.9 Å². The topological polar surface area (TPSA) is 21.3 Å². The molecule has 2 atom stereocenters. The van der Waals surface area contributed by atoms with Crippen LogP contribution in [-0.4, -0.2) is 7.11 Å². The predicted octanol–water partition coefficient (Wildman–Crippen LogP) is 4.87. The Morgan fingerprint density at radius 2 is 1.60 bits per heavy atom. The number of rotatable bonds is 5. The van der Waals surface area contributed by atoms with E-state index in [9.17, 15) is 0 Å². The van der Waals surface area contributed by atoms with Gasteiger partial charge in [0.25, 0.3) is 0 Å². The summed E-state index contributed by atoms with van der Waals surface area (Å²) >= 11 is 3.53. The van der Waals surface area contributed by atoms with Crippen molar-refractivity contribution in [3.63, 3.8) is 0 Å². The van der Waals surface area contributed by atoms with Gasteiger partial charge in [-0.25, -0.2) is 0 Å². The van der Waals surface area contributed by atoms with E-state index in [0.717, 1.165) is 10.2 Å². The third kappa shape index (κ3) is 3.62. The van der Waals surface area contributed by atoms with Gasteiger partial charge in [0.15, 0.2) is 0 Å². The van der Waals surface area contributed by atoms with Crippen LogP contribution < -0.4 is 10.1 Å². The lowest BCUT2D eigenvalue weighted by Crippen LogP contribution is -2.22. The molecule has 2 aromatic rings. The van der Waals surface area contributed by atoms with E-state index in [1.54, 1.807) is 7.11 Å². The van der Waals surface area contributed by atoms with Gasteiger partial charge in [-0.1, -0.05) is 36.4 Å². The minimum atomic E-state index is 0.271. The van der Waals surface area contributed by atoms with Crippen LogP contribution in [0.15, 0.2) is 53.0 Å². The molecule has 20 heavy (non-hydrogen) atoms. The van der Waals surface area contributed by atoms with Crippen molar-refractivity contribution in [1.29, 1.82) is 0 Å². The molecule has 0 saturated carbocycles. The monoisotopic (exact) mass is 333 g/mol. The SMILES string of the molecule is COc1ccc(C(C)N[C@H](C)c2ccccc2)cc1Br. The van der Waals surface area contributed by atoms with Gasteiger partial charge in [0.05, 0.1) is 11.6 Å². The van der Waals surface area contributed by atoms with Gasteiger partial charge in [-0.15, -0.1) is 0 Å². The Morgan fingerprint density at radius 1 is 0.950 bits per heavy atom. The normalized spacial score (nSPS) is 13.8. The zero-order valence-corrected chi connectivity index (χ0v) is 13.6. The molecule has 0 amide bonds. The minimum Gasteiger partial charge on any atom is -0.496 e. The summed E-state index contributed by atoms with van der Waals surface area (Å²) in [5.74, 6) is 0.858. The molecule has 2 nitrogen and oxygen atoms in total. The van der Waals surface area contributed by atoms with Crippen LogP contribution in [0.3, 0.4) is 0 Å². The van der Waals surface area contributed by atoms with Gasteiger partial charge in [-0.2, -0.15) is 0 Å². The maximum atomic E-state index is 5.26. The Morgan fingerprint density at radius 3 is 2.20 bits per heavy atom. The summed E-state index contributed by atoms with van der Waals surface area (Å²) in [6.07, 6.45) is 0. The molecule has 0 aromatic heterocycles. The highest BCUT2D eigenvalue weighted by molar-refractivity contribution is 9.10. The largest absolute Gasteiger partial charge is 0.496 e. The lowest BCUT2D eigenvalue weighted by Gasteiger charge is -2.21. The van der Waals surface area contributed by atoms with Gasteiger partial charge in [0.2, 0.25) is 0 Å². The van der Waals surface area contributed by atoms with E-state index in [1.807, 2.05) is 12.1 Å². The molecule has 0 fully saturated rings. The van der Waals surface area contributed by atoms with Crippen molar-refractivity contribution in [3.05, 3.63) is 64.1 Å². The van der Waals surface area contributed by atoms with Gasteiger partial charge in [-0.3, -0.25) is 0 Å². The summed E-state index contributed by atoms with van der Waals surface area (Å²) in [5.41, 5.74) is 2.53. The molecule has 0 aliphatic heterocycles. The highest BCUT2D eigenvalue weighted by atomic mass is 79.9. The number of nitrogens with one attached hydrogen (secondary N) is 1. The average molecular weight is 334 g/mol. The molecule has 0 bridgehead atoms. The Hall–Kier alpha value is -1.32. The summed E-state index contributed by atoms with van der Waals surface area (Å²) in [4.78, 5) is 0. The molecule has 1 N–H and O–H groups in total. The first-order valence-corrected chi connectivity index (χ1v) is 7.55. The van der Waals surface area contributed by atoms with Crippen molar-refractivity contribution in [2.24, 2.45) is 0 Å². The zero-order valence-electron chi connectivity index (χ0n) is 12.1. The van der Waals surface area contributed by atoms with Crippen LogP contribution in [0.25, 0.3) is 0 Å². The van der Waals surface area contributed by atoms with Crippen molar-refractivity contribution < 1.29 is 4.74 Å². The molecule has 106 valence electrons. The Labute approximate surface area is 129 Å². The molecule has 0 heterocycles. The van der Waals surface area contributed by atoms with E-state index in [4.69, 9.17) is 4.74 Å². The smallest absolute Gasteiger partial charge is 0.133 e. The molecule has 0 aliphatic rings. The molecule has 0 saturated heterocycles. The molecule has 0 spiro atoms. The highest BCUT2D eigenvalue weighted by Crippen LogP contribution is 2.28. The Balaban J connectivity index is 2.08. The van der Waals surface area contributed by atoms with E-state index in [-0.39, 0.29) is 6.04 Å². The number of halogens is 1. The van der Waals surface area contributed by atoms with E-state index < -0.39 is 0 Å². The van der Waals surface area contributed by atoms with Crippen LogP contribution in [0.4, 0.5) is 0 Å². The Kier molecular flexibility index (Phi) is 5.21. The van der Waals surface area contributed by atoms with Crippen molar-refractivity contribution in [1.82, 2.24) is 5.32 Å². The summed E-state index contributed by atoms with van der Waals surface area (Å²) in [5, 5.41) is 3.62. The zero-order chi connectivity index (χ0) is 14.5. The second-order valence-electron chi connectivity index (χ2n) is 4.91. The molecule has 3 heteroatoms. The highest BCUT2D eigenvalue weighted by Gasteiger charge is 2.12. The van der Waals surface area contributed by atoms with E-state index in [1.165, 1.54) is 11.1 Å². The minimum absolute atomic E-state index is 0.271. The summed E-state index contributed by atoms with van der Waals surface area (Å²) in [6, 6.07) is 17.3. The maximum Gasteiger partial charge on any atom is 0.133 e. The van der Waals surface area contributed by atoms with E-state index in [0.29, 0.717) is 6.04 Å². The molecular weight excluding hydrogens is 314 g/mol. The Bertz CT molecular complexity index is 556. The van der Waals surface area contributed by atoms with E-state index in [2.05, 4.69) is 71.5 Å². The lowest BCUT2D eigenvalue weighted by molar-refractivity contribution is 0.411. The molecular formula is C17H20BrNO. The number of ether oxygens (including phenoxy) is 1. The van der Waals surface area contributed by atoms with Gasteiger partial charge in [0.1, 0.15) is 5.75 Å². The fourth-order valence-corrected chi connectivity index (χ4v) is 2.82. The maximum absolute atomic E-state index is 5.26. The lowest BCUT2D eigenvalue weighted by atomic mass is 10.0. The van der Waals surface area contributed by atoms with Crippen LogP contribution in [0, 0.1) is 0 Å². The van der Waals surface area contributed by atoms with Crippen LogP contribution in [0.1, 0.15) is 37.1 Å². The van der Waals surface area contributed by atoms with Gasteiger partial charge >= 0.3 is 0 Å². The predicted molar refractivity (Wildman–Crippen MR) is 87.1 cm³/mol. The fourth-order valence-electron chi connectivity index (χ4n) is 2.26. The third-order valence-electron chi connectivity index (χ3n) is 3.48. The summed E-state index contributed by atoms with van der Waals surface area (Å²) < 4.78 is 6.25. The van der Waals surface area contributed by atoms with Gasteiger partial charge < -0.3 is 10.1 Å². The molecule has 1 unspecified atom stereocenters. The van der Waals surface area contributed by atoms with E-state index >= 15 is 0 Å². The number of hydrogen-bond donors (Lipinski definition) is 1. The van der Waals surface area contributed by atoms with Gasteiger partial charge in [-0.05, 0) is 53.0 Å². The molecule has 2 aromatic carbocycles. The third-order valence-corrected chi connectivity index (χ3v) is 4.10. The molecule has 0 aliphatic carbocycles. The first-order valence-electron chi connectivity index (χ1n) is 6.76. The number of benzene rings is 2. The fraction of sp³-hybridized carbons (Fsp3) is 0.294. The van der Waals surface area contributed by atoms with Crippen molar-refractivity contribution in [2.75, 3.05) is 7.11 Å². The summed E-state index contributed by atoms with van der Waals surface area (Å²) in [7, 11) is 1.68.